The highest BCUT2D eigenvalue weighted by atomic mass is 16.5. The molecule has 17 heavy (non-hydrogen) atoms. The van der Waals surface area contributed by atoms with Crippen LogP contribution in [0.15, 0.2) is 0 Å². The van der Waals surface area contributed by atoms with Gasteiger partial charge in [0, 0.05) is 18.6 Å². The Hall–Kier alpha value is -0.0800. The molecular formula is C15H28O2. The Bertz CT molecular complexity index is 233. The molecule has 1 atom stereocenters. The van der Waals surface area contributed by atoms with E-state index >= 15 is 0 Å². The fourth-order valence-corrected chi connectivity index (χ4v) is 3.93. The first-order chi connectivity index (χ1) is 8.22. The normalized spacial score (nSPS) is 32.1. The standard InChI is InChI=1S/C15H28O2/c1-2-3-4-5-8-15(16)9-6-7-14(15)10-12-17-13-11-14/h16H,2-13H2,1H3. The van der Waals surface area contributed by atoms with Gasteiger partial charge in [-0.05, 0) is 38.5 Å². The third-order valence-corrected chi connectivity index (χ3v) is 5.13. The lowest BCUT2D eigenvalue weighted by Crippen LogP contribution is -2.47. The Kier molecular flexibility index (Phi) is 4.48. The van der Waals surface area contributed by atoms with Crippen LogP contribution in [0, 0.1) is 5.41 Å². The first-order valence-electron chi connectivity index (χ1n) is 7.53. The summed E-state index contributed by atoms with van der Waals surface area (Å²) in [7, 11) is 0. The van der Waals surface area contributed by atoms with E-state index in [1.165, 1.54) is 38.5 Å². The van der Waals surface area contributed by atoms with Crippen LogP contribution in [0.1, 0.15) is 71.1 Å². The summed E-state index contributed by atoms with van der Waals surface area (Å²) in [6.45, 7) is 3.96. The highest BCUT2D eigenvalue weighted by Crippen LogP contribution is 2.54. The molecule has 1 N–H and O–H groups in total. The third kappa shape index (κ3) is 2.68. The van der Waals surface area contributed by atoms with Crippen LogP contribution < -0.4 is 0 Å². The molecule has 0 aromatic heterocycles. The second-order valence-electron chi connectivity index (χ2n) is 6.09. The molecule has 2 nitrogen and oxygen atoms in total. The van der Waals surface area contributed by atoms with Gasteiger partial charge in [-0.25, -0.2) is 0 Å². The molecule has 1 aliphatic carbocycles. The fraction of sp³-hybridized carbons (Fsp3) is 1.00. The molecule has 0 aromatic rings. The van der Waals surface area contributed by atoms with E-state index in [9.17, 15) is 5.11 Å². The molecule has 2 aliphatic rings. The van der Waals surface area contributed by atoms with Crippen LogP contribution in [-0.4, -0.2) is 23.9 Å². The van der Waals surface area contributed by atoms with Gasteiger partial charge in [0.2, 0.25) is 0 Å². The molecule has 0 aromatic carbocycles. The predicted octanol–water partition coefficient (Wildman–Crippen LogP) is 3.67. The van der Waals surface area contributed by atoms with E-state index in [1.54, 1.807) is 0 Å². The van der Waals surface area contributed by atoms with Crippen molar-refractivity contribution in [2.75, 3.05) is 13.2 Å². The lowest BCUT2D eigenvalue weighted by Gasteiger charge is -2.45. The van der Waals surface area contributed by atoms with Gasteiger partial charge in [0.15, 0.2) is 0 Å². The highest BCUT2D eigenvalue weighted by molar-refractivity contribution is 5.04. The van der Waals surface area contributed by atoms with E-state index in [0.717, 1.165) is 38.9 Å². The molecule has 1 unspecified atom stereocenters. The van der Waals surface area contributed by atoms with Crippen molar-refractivity contribution in [1.29, 1.82) is 0 Å². The average Bonchev–Trinajstić information content (AvgIpc) is 2.64. The molecule has 1 aliphatic heterocycles. The highest BCUT2D eigenvalue weighted by Gasteiger charge is 2.53. The zero-order chi connectivity index (χ0) is 12.2. The summed E-state index contributed by atoms with van der Waals surface area (Å²) in [5.41, 5.74) is -0.165. The quantitative estimate of drug-likeness (QED) is 0.743. The Balaban J connectivity index is 1.91. The minimum Gasteiger partial charge on any atom is -0.389 e. The number of hydrogen-bond acceptors (Lipinski definition) is 2. The zero-order valence-electron chi connectivity index (χ0n) is 11.3. The lowest BCUT2D eigenvalue weighted by atomic mass is 9.67. The van der Waals surface area contributed by atoms with Gasteiger partial charge in [-0.15, -0.1) is 0 Å². The minimum absolute atomic E-state index is 0.206. The topological polar surface area (TPSA) is 29.5 Å². The molecule has 2 fully saturated rings. The van der Waals surface area contributed by atoms with Gasteiger partial charge in [-0.2, -0.15) is 0 Å². The van der Waals surface area contributed by atoms with Crippen molar-refractivity contribution in [1.82, 2.24) is 0 Å². The Morgan fingerprint density at radius 2 is 1.76 bits per heavy atom. The summed E-state index contributed by atoms with van der Waals surface area (Å²) < 4.78 is 5.48. The number of aliphatic hydroxyl groups is 1. The molecule has 0 radical (unpaired) electrons. The first kappa shape index (κ1) is 13.4. The predicted molar refractivity (Wildman–Crippen MR) is 70.0 cm³/mol. The smallest absolute Gasteiger partial charge is 0.0705 e. The Morgan fingerprint density at radius 1 is 1.00 bits per heavy atom. The van der Waals surface area contributed by atoms with Gasteiger partial charge in [-0.3, -0.25) is 0 Å². The molecule has 2 heteroatoms. The Labute approximate surface area is 106 Å². The van der Waals surface area contributed by atoms with Crippen LogP contribution in [0.5, 0.6) is 0 Å². The lowest BCUT2D eigenvalue weighted by molar-refractivity contribution is -0.118. The maximum Gasteiger partial charge on any atom is 0.0705 e. The number of ether oxygens (including phenoxy) is 1. The van der Waals surface area contributed by atoms with Crippen LogP contribution in [0.2, 0.25) is 0 Å². The number of unbranched alkanes of at least 4 members (excludes halogenated alkanes) is 3. The largest absolute Gasteiger partial charge is 0.389 e. The van der Waals surface area contributed by atoms with E-state index in [0.29, 0.717) is 0 Å². The molecule has 1 saturated heterocycles. The molecule has 1 saturated carbocycles. The maximum atomic E-state index is 11.0. The number of hydrogen-bond donors (Lipinski definition) is 1. The summed E-state index contributed by atoms with van der Waals surface area (Å²) in [5.74, 6) is 0. The van der Waals surface area contributed by atoms with Gasteiger partial charge in [-0.1, -0.05) is 32.6 Å². The van der Waals surface area contributed by atoms with Crippen molar-refractivity contribution in [3.63, 3.8) is 0 Å². The molecule has 1 spiro atoms. The molecular weight excluding hydrogens is 212 g/mol. The minimum atomic E-state index is -0.371. The van der Waals surface area contributed by atoms with Gasteiger partial charge in [0.05, 0.1) is 5.60 Å². The van der Waals surface area contributed by atoms with Crippen molar-refractivity contribution in [2.24, 2.45) is 5.41 Å². The van der Waals surface area contributed by atoms with E-state index in [2.05, 4.69) is 6.92 Å². The van der Waals surface area contributed by atoms with Crippen LogP contribution in [-0.2, 0) is 4.74 Å². The molecule has 100 valence electrons. The van der Waals surface area contributed by atoms with Crippen molar-refractivity contribution >= 4 is 0 Å². The average molecular weight is 240 g/mol. The Morgan fingerprint density at radius 3 is 2.47 bits per heavy atom. The van der Waals surface area contributed by atoms with Crippen molar-refractivity contribution < 1.29 is 9.84 Å². The monoisotopic (exact) mass is 240 g/mol. The molecule has 0 amide bonds. The molecule has 2 rings (SSSR count). The second kappa shape index (κ2) is 5.71. The summed E-state index contributed by atoms with van der Waals surface area (Å²) in [4.78, 5) is 0. The summed E-state index contributed by atoms with van der Waals surface area (Å²) >= 11 is 0. The van der Waals surface area contributed by atoms with Crippen molar-refractivity contribution in [3.8, 4) is 0 Å². The van der Waals surface area contributed by atoms with Crippen LogP contribution in [0.4, 0.5) is 0 Å². The van der Waals surface area contributed by atoms with Gasteiger partial charge in [0.1, 0.15) is 0 Å². The van der Waals surface area contributed by atoms with Gasteiger partial charge < -0.3 is 9.84 Å². The third-order valence-electron chi connectivity index (χ3n) is 5.13. The zero-order valence-corrected chi connectivity index (χ0v) is 11.3. The molecule has 0 bridgehead atoms. The SMILES string of the molecule is CCCCCCC1(O)CCCC12CCOCC2. The maximum absolute atomic E-state index is 11.0. The fourth-order valence-electron chi connectivity index (χ4n) is 3.93. The molecule has 1 heterocycles. The van der Waals surface area contributed by atoms with E-state index in [-0.39, 0.29) is 11.0 Å². The van der Waals surface area contributed by atoms with Crippen LogP contribution in [0.25, 0.3) is 0 Å². The number of rotatable bonds is 5. The van der Waals surface area contributed by atoms with Crippen molar-refractivity contribution in [3.05, 3.63) is 0 Å². The van der Waals surface area contributed by atoms with Gasteiger partial charge >= 0.3 is 0 Å². The summed E-state index contributed by atoms with van der Waals surface area (Å²) in [5, 5.41) is 11.0. The summed E-state index contributed by atoms with van der Waals surface area (Å²) in [6.07, 6.45) is 11.7. The summed E-state index contributed by atoms with van der Waals surface area (Å²) in [6, 6.07) is 0. The van der Waals surface area contributed by atoms with E-state index in [4.69, 9.17) is 4.74 Å². The van der Waals surface area contributed by atoms with E-state index < -0.39 is 0 Å². The van der Waals surface area contributed by atoms with Gasteiger partial charge in [0.25, 0.3) is 0 Å². The van der Waals surface area contributed by atoms with Crippen molar-refractivity contribution in [2.45, 2.75) is 76.7 Å². The van der Waals surface area contributed by atoms with E-state index in [1.807, 2.05) is 0 Å². The second-order valence-corrected chi connectivity index (χ2v) is 6.09. The first-order valence-corrected chi connectivity index (χ1v) is 7.53. The van der Waals surface area contributed by atoms with Crippen LogP contribution in [0.3, 0.4) is 0 Å². The van der Waals surface area contributed by atoms with Crippen LogP contribution >= 0.6 is 0 Å².